The molecule has 3 aromatic rings. The minimum atomic E-state index is -0.382. The number of hydrogen-bond acceptors (Lipinski definition) is 6. The van der Waals surface area contributed by atoms with Crippen LogP contribution in [0.25, 0.3) is 0 Å². The summed E-state index contributed by atoms with van der Waals surface area (Å²) in [5.74, 6) is 1.48. The van der Waals surface area contributed by atoms with Crippen molar-refractivity contribution in [2.24, 2.45) is 0 Å². The zero-order chi connectivity index (χ0) is 19.9. The molecule has 0 fully saturated rings. The van der Waals surface area contributed by atoms with Crippen molar-refractivity contribution in [1.82, 2.24) is 10.2 Å². The van der Waals surface area contributed by atoms with Crippen molar-refractivity contribution in [3.05, 3.63) is 70.9 Å². The quantitative estimate of drug-likeness (QED) is 0.625. The van der Waals surface area contributed by atoms with Gasteiger partial charge in [0.25, 0.3) is 5.91 Å². The van der Waals surface area contributed by atoms with Gasteiger partial charge in [0.2, 0.25) is 0 Å². The first-order chi connectivity index (χ1) is 13.6. The predicted octanol–water partition coefficient (Wildman–Crippen LogP) is 4.01. The molecule has 0 radical (unpaired) electrons. The number of amides is 1. The van der Waals surface area contributed by atoms with E-state index >= 15 is 0 Å². The van der Waals surface area contributed by atoms with Crippen LogP contribution in [-0.2, 0) is 6.54 Å². The number of anilines is 2. The van der Waals surface area contributed by atoms with Gasteiger partial charge >= 0.3 is 0 Å². The lowest BCUT2D eigenvalue weighted by Crippen LogP contribution is -2.15. The Morgan fingerprint density at radius 3 is 2.46 bits per heavy atom. The number of carbonyl (C=O) groups is 1. The Bertz CT molecular complexity index is 964. The van der Waals surface area contributed by atoms with E-state index in [1.807, 2.05) is 18.2 Å². The van der Waals surface area contributed by atoms with Crippen LogP contribution < -0.4 is 20.1 Å². The van der Waals surface area contributed by atoms with Crippen LogP contribution in [0.3, 0.4) is 0 Å². The van der Waals surface area contributed by atoms with E-state index in [-0.39, 0.29) is 11.6 Å². The van der Waals surface area contributed by atoms with E-state index < -0.39 is 0 Å². The van der Waals surface area contributed by atoms with Crippen LogP contribution in [0.15, 0.2) is 54.6 Å². The third kappa shape index (κ3) is 4.69. The Morgan fingerprint density at radius 1 is 1.00 bits per heavy atom. The number of rotatable bonds is 7. The molecule has 28 heavy (non-hydrogen) atoms. The maximum Gasteiger partial charge on any atom is 0.276 e. The number of carbonyl (C=O) groups excluding carboxylic acids is 1. The third-order valence-electron chi connectivity index (χ3n) is 3.94. The lowest BCUT2D eigenvalue weighted by atomic mass is 10.2. The largest absolute Gasteiger partial charge is 0.493 e. The molecule has 1 amide bonds. The van der Waals surface area contributed by atoms with Crippen molar-refractivity contribution < 1.29 is 14.3 Å². The number of ether oxygens (including phenoxy) is 2. The Morgan fingerprint density at radius 2 is 1.79 bits per heavy atom. The molecule has 3 rings (SSSR count). The zero-order valence-corrected chi connectivity index (χ0v) is 16.2. The Hall–Kier alpha value is -3.32. The second-order valence-corrected chi connectivity index (χ2v) is 6.19. The monoisotopic (exact) mass is 398 g/mol. The lowest BCUT2D eigenvalue weighted by Gasteiger charge is -2.10. The highest BCUT2D eigenvalue weighted by atomic mass is 35.5. The van der Waals surface area contributed by atoms with E-state index in [4.69, 9.17) is 21.1 Å². The van der Waals surface area contributed by atoms with Gasteiger partial charge in [-0.3, -0.25) is 4.79 Å². The Labute approximate surface area is 167 Å². The molecule has 7 nitrogen and oxygen atoms in total. The zero-order valence-electron chi connectivity index (χ0n) is 15.4. The molecule has 0 atom stereocenters. The van der Waals surface area contributed by atoms with E-state index in [0.29, 0.717) is 34.6 Å². The van der Waals surface area contributed by atoms with Crippen LogP contribution in [0.5, 0.6) is 11.5 Å². The highest BCUT2D eigenvalue weighted by Gasteiger charge is 2.11. The van der Waals surface area contributed by atoms with E-state index in [2.05, 4.69) is 20.8 Å². The molecule has 2 aromatic carbocycles. The highest BCUT2D eigenvalue weighted by Crippen LogP contribution is 2.27. The summed E-state index contributed by atoms with van der Waals surface area (Å²) in [5.41, 5.74) is 1.70. The summed E-state index contributed by atoms with van der Waals surface area (Å²) < 4.78 is 10.5. The van der Waals surface area contributed by atoms with Crippen molar-refractivity contribution >= 4 is 29.0 Å². The van der Waals surface area contributed by atoms with Gasteiger partial charge < -0.3 is 20.1 Å². The average Bonchev–Trinajstić information content (AvgIpc) is 2.74. The summed E-state index contributed by atoms with van der Waals surface area (Å²) in [6.45, 7) is 0.514. The maximum atomic E-state index is 12.3. The summed E-state index contributed by atoms with van der Waals surface area (Å²) >= 11 is 6.04. The van der Waals surface area contributed by atoms with E-state index in [1.165, 1.54) is 0 Å². The fraction of sp³-hybridized carbons (Fsp3) is 0.150. The molecule has 0 saturated heterocycles. The predicted molar refractivity (Wildman–Crippen MR) is 108 cm³/mol. The maximum absolute atomic E-state index is 12.3. The molecular weight excluding hydrogens is 380 g/mol. The Balaban J connectivity index is 1.61. The van der Waals surface area contributed by atoms with Crippen LogP contribution in [0.4, 0.5) is 11.5 Å². The van der Waals surface area contributed by atoms with Crippen molar-refractivity contribution in [1.29, 1.82) is 0 Å². The molecular formula is C20H19ClN4O3. The number of para-hydroxylation sites is 1. The van der Waals surface area contributed by atoms with Crippen molar-refractivity contribution in [3.8, 4) is 11.5 Å². The first-order valence-electron chi connectivity index (χ1n) is 8.45. The van der Waals surface area contributed by atoms with Gasteiger partial charge in [-0.15, -0.1) is 10.2 Å². The minimum absolute atomic E-state index is 0.191. The standard InChI is InChI=1S/C20H19ClN4O3/c1-27-17-9-7-13(11-18(17)28-2)12-22-19-10-8-16(24-25-19)20(26)23-15-6-4-3-5-14(15)21/h3-11H,12H2,1-2H3,(H,22,25)(H,23,26). The first kappa shape index (κ1) is 19.4. The van der Waals surface area contributed by atoms with Crippen LogP contribution >= 0.6 is 11.6 Å². The van der Waals surface area contributed by atoms with Crippen molar-refractivity contribution in [2.45, 2.75) is 6.54 Å². The highest BCUT2D eigenvalue weighted by molar-refractivity contribution is 6.33. The molecule has 8 heteroatoms. The number of nitrogens with zero attached hydrogens (tertiary/aromatic N) is 2. The van der Waals surface area contributed by atoms with Gasteiger partial charge in [-0.2, -0.15) is 0 Å². The normalized spacial score (nSPS) is 10.2. The SMILES string of the molecule is COc1ccc(CNc2ccc(C(=O)Nc3ccccc3Cl)nn2)cc1OC. The summed E-state index contributed by atoms with van der Waals surface area (Å²) in [7, 11) is 3.18. The molecule has 0 saturated carbocycles. The van der Waals surface area contributed by atoms with Gasteiger partial charge in [0.15, 0.2) is 17.2 Å². The van der Waals surface area contributed by atoms with Gasteiger partial charge in [-0.05, 0) is 42.0 Å². The van der Waals surface area contributed by atoms with Gasteiger partial charge in [0.1, 0.15) is 5.82 Å². The summed E-state index contributed by atoms with van der Waals surface area (Å²) in [4.78, 5) is 12.3. The lowest BCUT2D eigenvalue weighted by molar-refractivity contribution is 0.102. The molecule has 144 valence electrons. The summed E-state index contributed by atoms with van der Waals surface area (Å²) in [5, 5.41) is 14.3. The first-order valence-corrected chi connectivity index (χ1v) is 8.83. The molecule has 1 heterocycles. The smallest absolute Gasteiger partial charge is 0.276 e. The molecule has 0 unspecified atom stereocenters. The molecule has 0 spiro atoms. The molecule has 0 aliphatic heterocycles. The second kappa shape index (κ2) is 9.05. The Kier molecular flexibility index (Phi) is 6.29. The van der Waals surface area contributed by atoms with E-state index in [0.717, 1.165) is 5.56 Å². The third-order valence-corrected chi connectivity index (χ3v) is 4.27. The second-order valence-electron chi connectivity index (χ2n) is 5.78. The minimum Gasteiger partial charge on any atom is -0.493 e. The van der Waals surface area contributed by atoms with Crippen LogP contribution in [0.2, 0.25) is 5.02 Å². The molecule has 0 aliphatic carbocycles. The number of methoxy groups -OCH3 is 2. The van der Waals surface area contributed by atoms with Gasteiger partial charge in [0.05, 0.1) is 24.9 Å². The number of halogens is 1. The number of aromatic nitrogens is 2. The average molecular weight is 399 g/mol. The van der Waals surface area contributed by atoms with Crippen molar-refractivity contribution in [2.75, 3.05) is 24.9 Å². The number of nitrogens with one attached hydrogen (secondary N) is 2. The molecule has 0 aliphatic rings. The molecule has 0 bridgehead atoms. The van der Waals surface area contributed by atoms with Crippen LogP contribution in [0, 0.1) is 0 Å². The van der Waals surface area contributed by atoms with Crippen LogP contribution in [-0.4, -0.2) is 30.3 Å². The van der Waals surface area contributed by atoms with E-state index in [1.54, 1.807) is 50.6 Å². The number of hydrogen-bond donors (Lipinski definition) is 2. The van der Waals surface area contributed by atoms with Gasteiger partial charge in [-0.1, -0.05) is 29.8 Å². The van der Waals surface area contributed by atoms with Gasteiger partial charge in [-0.25, -0.2) is 0 Å². The summed E-state index contributed by atoms with van der Waals surface area (Å²) in [6.07, 6.45) is 0. The molecule has 2 N–H and O–H groups in total. The fourth-order valence-corrected chi connectivity index (χ4v) is 2.66. The van der Waals surface area contributed by atoms with E-state index in [9.17, 15) is 4.79 Å². The number of benzene rings is 2. The topological polar surface area (TPSA) is 85.4 Å². The van der Waals surface area contributed by atoms with Crippen LogP contribution in [0.1, 0.15) is 16.1 Å². The van der Waals surface area contributed by atoms with Crippen molar-refractivity contribution in [3.63, 3.8) is 0 Å². The summed E-state index contributed by atoms with van der Waals surface area (Å²) in [6, 6.07) is 15.9. The fourth-order valence-electron chi connectivity index (χ4n) is 2.48. The van der Waals surface area contributed by atoms with Gasteiger partial charge in [0, 0.05) is 6.54 Å². The molecule has 1 aromatic heterocycles.